The van der Waals surface area contributed by atoms with Crippen LogP contribution in [0, 0.1) is 16.6 Å². The summed E-state index contributed by atoms with van der Waals surface area (Å²) in [4.78, 5) is 51.5. The van der Waals surface area contributed by atoms with E-state index in [4.69, 9.17) is 18.5 Å². The number of pyridine rings is 1. The van der Waals surface area contributed by atoms with E-state index in [1.54, 1.807) is 47.6 Å². The third-order valence-electron chi connectivity index (χ3n) is 8.82. The predicted molar refractivity (Wildman–Crippen MR) is 184 cm³/mol. The molecule has 1 aromatic heterocycles. The van der Waals surface area contributed by atoms with E-state index in [1.807, 2.05) is 4.57 Å². The van der Waals surface area contributed by atoms with Crippen LogP contribution in [0.25, 0.3) is 10.9 Å². The van der Waals surface area contributed by atoms with Crippen LogP contribution < -0.4 is 16.1 Å². The van der Waals surface area contributed by atoms with Crippen molar-refractivity contribution >= 4 is 42.0 Å². The average Bonchev–Trinajstić information content (AvgIpc) is 3.56. The Labute approximate surface area is 287 Å². The van der Waals surface area contributed by atoms with E-state index in [1.165, 1.54) is 18.7 Å². The Morgan fingerprint density at radius 2 is 1.43 bits per heavy atom. The van der Waals surface area contributed by atoms with Gasteiger partial charge in [-0.3, -0.25) is 32.8 Å². The van der Waals surface area contributed by atoms with Crippen molar-refractivity contribution in [2.45, 2.75) is 111 Å². The Morgan fingerprint density at radius 1 is 0.878 bits per heavy atom. The van der Waals surface area contributed by atoms with Crippen LogP contribution in [-0.2, 0) is 32.7 Å². The standard InChI is InChI=1S/C35H51FN3O9P/c1-34(2,3)32(42)45-21-47-49(44,48-22-46-33(43)35(4,5)6)17-16-37-31(41)26-20-39(24-14-10-11-15-24)29-19-28(27(36)18-25(29)30(26)40)38-23-12-8-7-9-13-23/h18-20,23-24,38H,7-17,21-22H2,1-6H3,(H,37,41). The number of nitrogens with zero attached hydrogens (tertiary/aromatic N) is 1. The number of benzene rings is 1. The fraction of sp³-hybridized carbons (Fsp3) is 0.657. The van der Waals surface area contributed by atoms with Gasteiger partial charge >= 0.3 is 19.5 Å². The lowest BCUT2D eigenvalue weighted by molar-refractivity contribution is -0.162. The minimum absolute atomic E-state index is 0.0382. The lowest BCUT2D eigenvalue weighted by Gasteiger charge is -2.25. The SMILES string of the molecule is CC(C)(C)C(=O)OCOP(=O)(CCNC(=O)c1cn(C2CCCC2)c2cc(NC3CCCCC3)c(F)cc2c1=O)OCOC(=O)C(C)(C)C. The maximum atomic E-state index is 15.4. The molecule has 49 heavy (non-hydrogen) atoms. The second kappa shape index (κ2) is 16.2. The van der Waals surface area contributed by atoms with Crippen LogP contribution in [0.3, 0.4) is 0 Å². The number of ether oxygens (including phenoxy) is 2. The molecule has 2 N–H and O–H groups in total. The molecule has 0 unspecified atom stereocenters. The molecule has 0 radical (unpaired) electrons. The zero-order chi connectivity index (χ0) is 36.0. The minimum Gasteiger partial charge on any atom is -0.438 e. The van der Waals surface area contributed by atoms with Gasteiger partial charge in [0.2, 0.25) is 19.0 Å². The van der Waals surface area contributed by atoms with Crippen molar-refractivity contribution in [2.75, 3.05) is 31.6 Å². The van der Waals surface area contributed by atoms with Gasteiger partial charge in [0.1, 0.15) is 11.4 Å². The molecule has 0 aliphatic heterocycles. The molecule has 2 aromatic rings. The first-order chi connectivity index (χ1) is 23.0. The van der Waals surface area contributed by atoms with E-state index in [9.17, 15) is 23.7 Å². The van der Waals surface area contributed by atoms with Gasteiger partial charge in [-0.15, -0.1) is 0 Å². The highest BCUT2D eigenvalue weighted by Gasteiger charge is 2.31. The minimum atomic E-state index is -4.10. The number of aromatic nitrogens is 1. The Hall–Kier alpha value is -3.28. The Kier molecular flexibility index (Phi) is 12.7. The summed E-state index contributed by atoms with van der Waals surface area (Å²) in [5.74, 6) is -2.50. The van der Waals surface area contributed by atoms with Gasteiger partial charge in [-0.05, 0) is 79.4 Å². The van der Waals surface area contributed by atoms with Crippen molar-refractivity contribution in [3.8, 4) is 0 Å². The highest BCUT2D eigenvalue weighted by molar-refractivity contribution is 7.53. The summed E-state index contributed by atoms with van der Waals surface area (Å²) in [6, 6.07) is 3.09. The van der Waals surface area contributed by atoms with Crippen LogP contribution in [0.4, 0.5) is 10.1 Å². The largest absolute Gasteiger partial charge is 0.438 e. The summed E-state index contributed by atoms with van der Waals surface area (Å²) in [6.07, 6.45) is 10.1. The smallest absolute Gasteiger partial charge is 0.338 e. The van der Waals surface area contributed by atoms with Gasteiger partial charge < -0.3 is 24.7 Å². The molecule has 4 rings (SSSR count). The van der Waals surface area contributed by atoms with Crippen LogP contribution in [0.15, 0.2) is 23.1 Å². The first kappa shape index (κ1) is 38.5. The Morgan fingerprint density at radius 3 is 1.98 bits per heavy atom. The zero-order valence-corrected chi connectivity index (χ0v) is 30.4. The van der Waals surface area contributed by atoms with E-state index in [-0.39, 0.29) is 29.6 Å². The number of halogens is 1. The van der Waals surface area contributed by atoms with Gasteiger partial charge in [-0.25, -0.2) is 4.39 Å². The summed E-state index contributed by atoms with van der Waals surface area (Å²) in [5.41, 5.74) is -1.57. The summed E-state index contributed by atoms with van der Waals surface area (Å²) in [7, 11) is -4.10. The number of hydrogen-bond donors (Lipinski definition) is 2. The zero-order valence-electron chi connectivity index (χ0n) is 29.5. The Bertz CT molecular complexity index is 1580. The van der Waals surface area contributed by atoms with E-state index in [0.29, 0.717) is 11.2 Å². The number of esters is 2. The van der Waals surface area contributed by atoms with Crippen LogP contribution in [-0.4, -0.2) is 54.7 Å². The van der Waals surface area contributed by atoms with E-state index in [0.717, 1.165) is 51.4 Å². The topological polar surface area (TPSA) is 151 Å². The van der Waals surface area contributed by atoms with Crippen molar-refractivity contribution in [1.29, 1.82) is 0 Å². The van der Waals surface area contributed by atoms with Crippen molar-refractivity contribution in [3.05, 3.63) is 39.9 Å². The third kappa shape index (κ3) is 10.4. The summed E-state index contributed by atoms with van der Waals surface area (Å²) in [5, 5.41) is 6.04. The number of hydrogen-bond acceptors (Lipinski definition) is 10. The normalized spacial score (nSPS) is 16.5. The number of carbonyl (C=O) groups is 3. The molecule has 2 saturated carbocycles. The van der Waals surface area contributed by atoms with Crippen LogP contribution in [0.1, 0.15) is 116 Å². The molecule has 272 valence electrons. The summed E-state index contributed by atoms with van der Waals surface area (Å²) >= 11 is 0. The van der Waals surface area contributed by atoms with Gasteiger partial charge in [-0.2, -0.15) is 0 Å². The highest BCUT2D eigenvalue weighted by atomic mass is 31.2. The van der Waals surface area contributed by atoms with E-state index >= 15 is 4.39 Å². The van der Waals surface area contributed by atoms with E-state index < -0.39 is 67.3 Å². The molecule has 2 fully saturated rings. The van der Waals surface area contributed by atoms with Gasteiger partial charge in [0.05, 0.1) is 28.2 Å². The van der Waals surface area contributed by atoms with Gasteiger partial charge in [-0.1, -0.05) is 32.1 Å². The second-order valence-corrected chi connectivity index (χ2v) is 17.2. The lowest BCUT2D eigenvalue weighted by atomic mass is 9.95. The fourth-order valence-corrected chi connectivity index (χ4v) is 7.06. The van der Waals surface area contributed by atoms with Crippen LogP contribution in [0.2, 0.25) is 0 Å². The quantitative estimate of drug-likeness (QED) is 0.126. The number of anilines is 1. The molecule has 0 bridgehead atoms. The summed E-state index contributed by atoms with van der Waals surface area (Å²) < 4.78 is 51.7. The van der Waals surface area contributed by atoms with Crippen molar-refractivity contribution in [1.82, 2.24) is 9.88 Å². The predicted octanol–water partition coefficient (Wildman–Crippen LogP) is 7.05. The molecule has 2 aliphatic rings. The fourth-order valence-electron chi connectivity index (χ4n) is 5.91. The molecular weight excluding hydrogens is 656 g/mol. The molecule has 12 nitrogen and oxygen atoms in total. The van der Waals surface area contributed by atoms with Crippen LogP contribution >= 0.6 is 7.60 Å². The van der Waals surface area contributed by atoms with Crippen LogP contribution in [0.5, 0.6) is 0 Å². The van der Waals surface area contributed by atoms with E-state index in [2.05, 4.69) is 10.6 Å². The number of fused-ring (bicyclic) bond motifs is 1. The number of carbonyl (C=O) groups excluding carboxylic acids is 3. The number of amides is 1. The molecule has 2 aliphatic carbocycles. The molecule has 0 spiro atoms. The molecule has 1 aromatic carbocycles. The molecule has 1 heterocycles. The van der Waals surface area contributed by atoms with Crippen molar-refractivity contribution in [2.24, 2.45) is 10.8 Å². The molecule has 0 atom stereocenters. The number of rotatable bonds is 13. The van der Waals surface area contributed by atoms with Gasteiger partial charge in [0.25, 0.3) is 5.91 Å². The van der Waals surface area contributed by atoms with Crippen molar-refractivity contribution in [3.63, 3.8) is 0 Å². The summed E-state index contributed by atoms with van der Waals surface area (Å²) in [6.45, 7) is 8.18. The maximum Gasteiger partial charge on any atom is 0.338 e. The number of nitrogens with one attached hydrogen (secondary N) is 2. The highest BCUT2D eigenvalue weighted by Crippen LogP contribution is 2.48. The lowest BCUT2D eigenvalue weighted by Crippen LogP contribution is -2.32. The molecule has 1 amide bonds. The first-order valence-electron chi connectivity index (χ1n) is 17.1. The third-order valence-corrected chi connectivity index (χ3v) is 10.6. The van der Waals surface area contributed by atoms with Gasteiger partial charge in [0, 0.05) is 30.2 Å². The molecular formula is C35H51FN3O9P. The first-order valence-corrected chi connectivity index (χ1v) is 18.9. The average molecular weight is 708 g/mol. The van der Waals surface area contributed by atoms with Gasteiger partial charge in [0.15, 0.2) is 0 Å². The maximum absolute atomic E-state index is 15.4. The monoisotopic (exact) mass is 707 g/mol. The second-order valence-electron chi connectivity index (χ2n) is 15.0. The Balaban J connectivity index is 1.52. The molecule has 14 heteroatoms. The van der Waals surface area contributed by atoms with Crippen molar-refractivity contribution < 1.29 is 41.9 Å². The molecule has 0 saturated heterocycles.